The molecule has 34 heavy (non-hydrogen) atoms. The molecule has 0 aliphatic carbocycles. The molecule has 1 aliphatic heterocycles. The summed E-state index contributed by atoms with van der Waals surface area (Å²) in [6.07, 6.45) is 2.71. The number of benzene rings is 2. The van der Waals surface area contributed by atoms with Crippen LogP contribution >= 0.6 is 0 Å². The monoisotopic (exact) mass is 466 g/mol. The van der Waals surface area contributed by atoms with E-state index in [4.69, 9.17) is 13.9 Å². The molecule has 3 aromatic rings. The standard InChI is InChI=1S/C27H31FN2O4/c1-19-17-30(18-21-7-10-23(32-2)16-26(21)34-19)14-12-27(31)29-13-11-24(25-4-3-15-33-25)20-5-8-22(28)9-6-20/h3-10,15-16,19,24H,11-14,17-18H2,1-2H3,(H,29,31)/t19-,24+/m1/s1. The highest BCUT2D eigenvalue weighted by Gasteiger charge is 2.22. The maximum Gasteiger partial charge on any atom is 0.221 e. The number of furan rings is 1. The number of carbonyl (C=O) groups is 1. The van der Waals surface area contributed by atoms with Crippen molar-refractivity contribution in [2.75, 3.05) is 26.7 Å². The van der Waals surface area contributed by atoms with Gasteiger partial charge in [0, 0.05) is 50.1 Å². The average molecular weight is 467 g/mol. The highest BCUT2D eigenvalue weighted by atomic mass is 19.1. The van der Waals surface area contributed by atoms with Crippen molar-refractivity contribution in [3.8, 4) is 11.5 Å². The Morgan fingerprint density at radius 3 is 2.79 bits per heavy atom. The predicted octanol–water partition coefficient (Wildman–Crippen LogP) is 4.74. The van der Waals surface area contributed by atoms with E-state index in [1.54, 1.807) is 25.5 Å². The average Bonchev–Trinajstić information content (AvgIpc) is 3.31. The van der Waals surface area contributed by atoms with E-state index in [1.165, 1.54) is 12.1 Å². The first-order valence-electron chi connectivity index (χ1n) is 11.6. The lowest BCUT2D eigenvalue weighted by molar-refractivity contribution is -0.121. The lowest BCUT2D eigenvalue weighted by Gasteiger charge is -2.21. The van der Waals surface area contributed by atoms with E-state index in [0.717, 1.165) is 41.5 Å². The third-order valence-electron chi connectivity index (χ3n) is 6.08. The van der Waals surface area contributed by atoms with Gasteiger partial charge in [-0.3, -0.25) is 9.69 Å². The van der Waals surface area contributed by atoms with E-state index in [2.05, 4.69) is 10.2 Å². The molecule has 0 bridgehead atoms. The first kappa shape index (κ1) is 23.8. The van der Waals surface area contributed by atoms with Gasteiger partial charge in [-0.1, -0.05) is 18.2 Å². The highest BCUT2D eigenvalue weighted by molar-refractivity contribution is 5.76. The van der Waals surface area contributed by atoms with Crippen LogP contribution in [0.2, 0.25) is 0 Å². The van der Waals surface area contributed by atoms with Gasteiger partial charge in [-0.2, -0.15) is 0 Å². The quantitative estimate of drug-likeness (QED) is 0.494. The van der Waals surface area contributed by atoms with Gasteiger partial charge in [0.15, 0.2) is 0 Å². The van der Waals surface area contributed by atoms with E-state index in [9.17, 15) is 9.18 Å². The number of carbonyl (C=O) groups excluding carboxylic acids is 1. The maximum atomic E-state index is 13.4. The Kier molecular flexibility index (Phi) is 7.85. The van der Waals surface area contributed by atoms with Gasteiger partial charge in [-0.25, -0.2) is 4.39 Å². The number of methoxy groups -OCH3 is 1. The number of fused-ring (bicyclic) bond motifs is 1. The molecule has 0 radical (unpaired) electrons. The van der Waals surface area contributed by atoms with E-state index >= 15 is 0 Å². The minimum Gasteiger partial charge on any atom is -0.497 e. The van der Waals surface area contributed by atoms with Gasteiger partial charge in [0.05, 0.1) is 13.4 Å². The van der Waals surface area contributed by atoms with Gasteiger partial charge in [0.25, 0.3) is 0 Å². The minimum absolute atomic E-state index is 0.00470. The van der Waals surface area contributed by atoms with Crippen LogP contribution in [0.15, 0.2) is 65.3 Å². The lowest BCUT2D eigenvalue weighted by atomic mass is 9.93. The van der Waals surface area contributed by atoms with Crippen LogP contribution in [0.25, 0.3) is 0 Å². The Balaban J connectivity index is 1.29. The second-order valence-electron chi connectivity index (χ2n) is 8.65. The molecule has 0 saturated heterocycles. The van der Waals surface area contributed by atoms with Crippen molar-refractivity contribution in [2.45, 2.75) is 38.3 Å². The summed E-state index contributed by atoms with van der Waals surface area (Å²) in [5, 5.41) is 3.03. The topological polar surface area (TPSA) is 63.9 Å². The molecule has 1 aromatic heterocycles. The fraction of sp³-hybridized carbons (Fsp3) is 0.370. The van der Waals surface area contributed by atoms with Crippen molar-refractivity contribution < 1.29 is 23.1 Å². The molecule has 1 aliphatic rings. The van der Waals surface area contributed by atoms with Gasteiger partial charge >= 0.3 is 0 Å². The zero-order valence-electron chi connectivity index (χ0n) is 19.6. The van der Waals surface area contributed by atoms with Crippen LogP contribution in [0.1, 0.15) is 42.6 Å². The maximum absolute atomic E-state index is 13.4. The minimum atomic E-state index is -0.273. The molecule has 1 amide bonds. The number of rotatable bonds is 9. The molecule has 2 atom stereocenters. The summed E-state index contributed by atoms with van der Waals surface area (Å²) < 4.78 is 30.3. The van der Waals surface area contributed by atoms with Crippen LogP contribution in [0, 0.1) is 5.82 Å². The van der Waals surface area contributed by atoms with Crippen molar-refractivity contribution in [3.05, 3.63) is 83.6 Å². The fourth-order valence-electron chi connectivity index (χ4n) is 4.36. The molecule has 1 N–H and O–H groups in total. The number of amides is 1. The zero-order valence-corrected chi connectivity index (χ0v) is 19.6. The van der Waals surface area contributed by atoms with E-state index in [-0.39, 0.29) is 23.7 Å². The third-order valence-corrected chi connectivity index (χ3v) is 6.08. The summed E-state index contributed by atoms with van der Waals surface area (Å²) in [6.45, 7) is 4.65. The number of hydrogen-bond acceptors (Lipinski definition) is 5. The molecule has 180 valence electrons. The number of nitrogens with one attached hydrogen (secondary N) is 1. The van der Waals surface area contributed by atoms with Crippen molar-refractivity contribution in [3.63, 3.8) is 0 Å². The summed E-state index contributed by atoms with van der Waals surface area (Å²) in [6, 6.07) is 16.0. The SMILES string of the molecule is COc1ccc2c(c1)O[C@H](C)CN(CCC(=O)NCC[C@@H](c1ccc(F)cc1)c1ccco1)C2. The summed E-state index contributed by atoms with van der Waals surface area (Å²) >= 11 is 0. The van der Waals surface area contributed by atoms with Crippen LogP contribution in [0.3, 0.4) is 0 Å². The lowest BCUT2D eigenvalue weighted by Crippen LogP contribution is -2.35. The third kappa shape index (κ3) is 6.17. The van der Waals surface area contributed by atoms with Crippen LogP contribution < -0.4 is 14.8 Å². The Labute approximate surface area is 199 Å². The van der Waals surface area contributed by atoms with Crippen molar-refractivity contribution in [1.29, 1.82) is 0 Å². The number of nitrogens with zero attached hydrogens (tertiary/aromatic N) is 1. The van der Waals surface area contributed by atoms with Crippen LogP contribution in [-0.4, -0.2) is 43.7 Å². The highest BCUT2D eigenvalue weighted by Crippen LogP contribution is 2.30. The van der Waals surface area contributed by atoms with Gasteiger partial charge in [-0.05, 0) is 49.2 Å². The van der Waals surface area contributed by atoms with Crippen molar-refractivity contribution in [1.82, 2.24) is 10.2 Å². The first-order valence-corrected chi connectivity index (χ1v) is 11.6. The molecule has 0 fully saturated rings. The predicted molar refractivity (Wildman–Crippen MR) is 128 cm³/mol. The second-order valence-corrected chi connectivity index (χ2v) is 8.65. The summed E-state index contributed by atoms with van der Waals surface area (Å²) in [7, 11) is 1.64. The fourth-order valence-corrected chi connectivity index (χ4v) is 4.36. The van der Waals surface area contributed by atoms with Crippen LogP contribution in [-0.2, 0) is 11.3 Å². The largest absolute Gasteiger partial charge is 0.497 e. The summed E-state index contributed by atoms with van der Waals surface area (Å²) in [5.41, 5.74) is 2.05. The Hall–Kier alpha value is -3.32. The number of ether oxygens (including phenoxy) is 2. The van der Waals surface area contributed by atoms with Crippen molar-refractivity contribution in [2.24, 2.45) is 0 Å². The Bertz CT molecular complexity index is 1070. The van der Waals surface area contributed by atoms with Crippen LogP contribution in [0.5, 0.6) is 11.5 Å². The summed E-state index contributed by atoms with van der Waals surface area (Å²) in [4.78, 5) is 14.8. The van der Waals surface area contributed by atoms with Gasteiger partial charge in [0.2, 0.25) is 5.91 Å². The molecular weight excluding hydrogens is 435 g/mol. The van der Waals surface area contributed by atoms with E-state index in [0.29, 0.717) is 25.9 Å². The molecule has 0 unspecified atom stereocenters. The van der Waals surface area contributed by atoms with Gasteiger partial charge < -0.3 is 19.2 Å². The molecular formula is C27H31FN2O4. The van der Waals surface area contributed by atoms with E-state index < -0.39 is 0 Å². The molecule has 2 aromatic carbocycles. The second kappa shape index (κ2) is 11.2. The van der Waals surface area contributed by atoms with Gasteiger partial charge in [0.1, 0.15) is 29.2 Å². The zero-order chi connectivity index (χ0) is 23.9. The van der Waals surface area contributed by atoms with Crippen molar-refractivity contribution >= 4 is 5.91 Å². The Morgan fingerprint density at radius 2 is 2.06 bits per heavy atom. The summed E-state index contributed by atoms with van der Waals surface area (Å²) in [5.74, 6) is 2.09. The molecule has 4 rings (SSSR count). The smallest absolute Gasteiger partial charge is 0.221 e. The van der Waals surface area contributed by atoms with E-state index in [1.807, 2.05) is 37.3 Å². The number of halogens is 1. The normalized spacial score (nSPS) is 16.7. The first-order chi connectivity index (χ1) is 16.5. The Morgan fingerprint density at radius 1 is 1.24 bits per heavy atom. The molecule has 6 nitrogen and oxygen atoms in total. The van der Waals surface area contributed by atoms with Gasteiger partial charge in [-0.15, -0.1) is 0 Å². The molecule has 0 spiro atoms. The number of hydrogen-bond donors (Lipinski definition) is 1. The van der Waals surface area contributed by atoms with Crippen LogP contribution in [0.4, 0.5) is 4.39 Å². The molecule has 2 heterocycles. The molecule has 7 heteroatoms. The molecule has 0 saturated carbocycles.